The van der Waals surface area contributed by atoms with Crippen molar-refractivity contribution in [1.82, 2.24) is 4.90 Å². The number of hydrogen-bond donors (Lipinski definition) is 1. The van der Waals surface area contributed by atoms with Crippen LogP contribution in [0.15, 0.2) is 35.9 Å². The number of rotatable bonds is 6. The number of hydrogen-bond acceptors (Lipinski definition) is 2. The summed E-state index contributed by atoms with van der Waals surface area (Å²) in [6.07, 6.45) is 2.57. The number of nitrogens with zero attached hydrogens (tertiary/aromatic N) is 1. The summed E-state index contributed by atoms with van der Waals surface area (Å²) in [4.78, 5) is 13.1. The summed E-state index contributed by atoms with van der Waals surface area (Å²) in [6, 6.07) is 7.10. The van der Waals surface area contributed by atoms with Crippen molar-refractivity contribution in [3.05, 3.63) is 47.0 Å². The molecular weight excluding hydrogens is 238 g/mol. The lowest BCUT2D eigenvalue weighted by Crippen LogP contribution is -2.21. The third-order valence-electron chi connectivity index (χ3n) is 2.52. The lowest BCUT2D eigenvalue weighted by atomic mass is 10.0. The van der Waals surface area contributed by atoms with Crippen molar-refractivity contribution in [2.45, 2.75) is 6.42 Å². The number of carboxylic acids is 1. The molecule has 0 aliphatic heterocycles. The van der Waals surface area contributed by atoms with E-state index in [2.05, 4.69) is 4.90 Å². The molecule has 0 amide bonds. The first-order valence-electron chi connectivity index (χ1n) is 5.40. The molecule has 0 spiro atoms. The van der Waals surface area contributed by atoms with Crippen molar-refractivity contribution in [2.24, 2.45) is 0 Å². The minimum Gasteiger partial charge on any atom is -0.478 e. The van der Waals surface area contributed by atoms with Crippen LogP contribution in [0.2, 0.25) is 0 Å². The number of halogens is 1. The summed E-state index contributed by atoms with van der Waals surface area (Å²) in [5.74, 6) is -0.871. The molecule has 92 valence electrons. The van der Waals surface area contributed by atoms with Gasteiger partial charge in [-0.05, 0) is 25.1 Å². The maximum Gasteiger partial charge on any atom is 0.335 e. The average Bonchev–Trinajstić information content (AvgIpc) is 2.34. The monoisotopic (exact) mass is 253 g/mol. The number of carboxylic acid groups (broad SMARTS) is 1. The second-order valence-electron chi connectivity index (χ2n) is 3.84. The Morgan fingerprint density at radius 3 is 2.82 bits per heavy atom. The largest absolute Gasteiger partial charge is 0.478 e. The van der Waals surface area contributed by atoms with Crippen LogP contribution in [0.4, 0.5) is 0 Å². The van der Waals surface area contributed by atoms with Gasteiger partial charge in [0.05, 0.1) is 5.56 Å². The minimum absolute atomic E-state index is 0.383. The molecule has 0 heterocycles. The normalized spacial score (nSPS) is 11.2. The van der Waals surface area contributed by atoms with Crippen LogP contribution in [-0.2, 0) is 6.42 Å². The van der Waals surface area contributed by atoms with Crippen LogP contribution in [-0.4, -0.2) is 36.1 Å². The Labute approximate surface area is 106 Å². The maximum absolute atomic E-state index is 11.0. The molecule has 0 aliphatic carbocycles. The first-order valence-corrected chi connectivity index (χ1v) is 5.83. The first kappa shape index (κ1) is 13.7. The van der Waals surface area contributed by atoms with Crippen LogP contribution in [0.1, 0.15) is 15.9 Å². The molecule has 17 heavy (non-hydrogen) atoms. The third-order valence-corrected chi connectivity index (χ3v) is 2.69. The van der Waals surface area contributed by atoms with Crippen LogP contribution >= 0.6 is 11.6 Å². The quantitative estimate of drug-likeness (QED) is 0.847. The molecule has 0 saturated carbocycles. The Kier molecular flexibility index (Phi) is 5.73. The fraction of sp³-hybridized carbons (Fsp3) is 0.308. The van der Waals surface area contributed by atoms with Crippen LogP contribution in [0.25, 0.3) is 0 Å². The smallest absolute Gasteiger partial charge is 0.335 e. The zero-order valence-corrected chi connectivity index (χ0v) is 10.5. The van der Waals surface area contributed by atoms with E-state index in [-0.39, 0.29) is 0 Å². The van der Waals surface area contributed by atoms with Gasteiger partial charge in [-0.2, -0.15) is 0 Å². The van der Waals surface area contributed by atoms with Gasteiger partial charge < -0.3 is 10.0 Å². The van der Waals surface area contributed by atoms with Gasteiger partial charge in [0, 0.05) is 18.6 Å². The molecule has 1 aromatic carbocycles. The molecule has 1 rings (SSSR count). The summed E-state index contributed by atoms with van der Waals surface area (Å²) >= 11 is 5.44. The molecule has 0 unspecified atom stereocenters. The lowest BCUT2D eigenvalue weighted by Gasteiger charge is -2.14. The molecule has 0 aromatic heterocycles. The van der Waals surface area contributed by atoms with E-state index >= 15 is 0 Å². The zero-order chi connectivity index (χ0) is 12.7. The topological polar surface area (TPSA) is 40.5 Å². The lowest BCUT2D eigenvalue weighted by molar-refractivity contribution is 0.0695. The third kappa shape index (κ3) is 4.59. The SMILES string of the molecule is CN(C/C=C/Cl)CCc1ccccc1C(=O)O. The van der Waals surface area contributed by atoms with Crippen LogP contribution in [0, 0.1) is 0 Å². The molecule has 1 aromatic rings. The molecule has 0 radical (unpaired) electrons. The Morgan fingerprint density at radius 2 is 2.18 bits per heavy atom. The van der Waals surface area contributed by atoms with E-state index in [0.717, 1.165) is 25.1 Å². The molecule has 0 fully saturated rings. The highest BCUT2D eigenvalue weighted by Crippen LogP contribution is 2.09. The summed E-state index contributed by atoms with van der Waals surface area (Å²) in [6.45, 7) is 1.56. The number of likely N-dealkylation sites (N-methyl/N-ethyl adjacent to an activating group) is 1. The second kappa shape index (κ2) is 7.09. The molecule has 1 N–H and O–H groups in total. The molecule has 3 nitrogen and oxygen atoms in total. The van der Waals surface area contributed by atoms with Crippen molar-refractivity contribution in [2.75, 3.05) is 20.1 Å². The Morgan fingerprint density at radius 1 is 1.47 bits per heavy atom. The Bertz CT molecular complexity index is 404. The van der Waals surface area contributed by atoms with E-state index in [1.54, 1.807) is 12.1 Å². The zero-order valence-electron chi connectivity index (χ0n) is 9.77. The van der Waals surface area contributed by atoms with E-state index in [1.165, 1.54) is 5.54 Å². The molecule has 0 bridgehead atoms. The van der Waals surface area contributed by atoms with Gasteiger partial charge in [0.15, 0.2) is 0 Å². The van der Waals surface area contributed by atoms with Gasteiger partial charge in [0.25, 0.3) is 0 Å². The van der Waals surface area contributed by atoms with E-state index in [0.29, 0.717) is 5.56 Å². The summed E-state index contributed by atoms with van der Waals surface area (Å²) in [7, 11) is 1.97. The van der Waals surface area contributed by atoms with E-state index in [1.807, 2.05) is 25.3 Å². The summed E-state index contributed by atoms with van der Waals surface area (Å²) < 4.78 is 0. The van der Waals surface area contributed by atoms with Crippen molar-refractivity contribution in [3.63, 3.8) is 0 Å². The standard InChI is InChI=1S/C13H16ClNO2/c1-15(9-4-8-14)10-7-11-5-2-3-6-12(11)13(16)17/h2-6,8H,7,9-10H2,1H3,(H,16,17)/b8-4+. The van der Waals surface area contributed by atoms with Gasteiger partial charge in [0.1, 0.15) is 0 Å². The highest BCUT2D eigenvalue weighted by Gasteiger charge is 2.08. The van der Waals surface area contributed by atoms with Gasteiger partial charge in [-0.15, -0.1) is 0 Å². The predicted octanol–water partition coefficient (Wildman–Crippen LogP) is 2.61. The van der Waals surface area contributed by atoms with Gasteiger partial charge >= 0.3 is 5.97 Å². The molecule has 4 heteroatoms. The van der Waals surface area contributed by atoms with Gasteiger partial charge in [-0.3, -0.25) is 0 Å². The molecule has 0 saturated heterocycles. The van der Waals surface area contributed by atoms with Gasteiger partial charge in [-0.25, -0.2) is 4.79 Å². The second-order valence-corrected chi connectivity index (χ2v) is 4.09. The van der Waals surface area contributed by atoms with Crippen LogP contribution in [0.5, 0.6) is 0 Å². The first-order chi connectivity index (χ1) is 8.15. The molecule has 0 atom stereocenters. The van der Waals surface area contributed by atoms with E-state index < -0.39 is 5.97 Å². The van der Waals surface area contributed by atoms with Gasteiger partial charge in [0.2, 0.25) is 0 Å². The minimum atomic E-state index is -0.871. The van der Waals surface area contributed by atoms with E-state index in [9.17, 15) is 4.79 Å². The van der Waals surface area contributed by atoms with Crippen molar-refractivity contribution in [3.8, 4) is 0 Å². The van der Waals surface area contributed by atoms with Crippen LogP contribution in [0.3, 0.4) is 0 Å². The number of benzene rings is 1. The van der Waals surface area contributed by atoms with Gasteiger partial charge in [-0.1, -0.05) is 35.9 Å². The number of carbonyl (C=O) groups is 1. The fourth-order valence-electron chi connectivity index (χ4n) is 1.57. The number of aromatic carboxylic acids is 1. The molecule has 0 aliphatic rings. The molecular formula is C13H16ClNO2. The highest BCUT2D eigenvalue weighted by molar-refractivity contribution is 6.25. The maximum atomic E-state index is 11.0. The average molecular weight is 254 g/mol. The Balaban J connectivity index is 2.60. The van der Waals surface area contributed by atoms with Crippen molar-refractivity contribution in [1.29, 1.82) is 0 Å². The van der Waals surface area contributed by atoms with Crippen molar-refractivity contribution >= 4 is 17.6 Å². The predicted molar refractivity (Wildman–Crippen MR) is 69.6 cm³/mol. The van der Waals surface area contributed by atoms with Crippen molar-refractivity contribution < 1.29 is 9.90 Å². The fourth-order valence-corrected chi connectivity index (χ4v) is 1.65. The summed E-state index contributed by atoms with van der Waals surface area (Å²) in [5, 5.41) is 9.03. The summed E-state index contributed by atoms with van der Waals surface area (Å²) in [5.41, 5.74) is 2.73. The van der Waals surface area contributed by atoms with E-state index in [4.69, 9.17) is 16.7 Å². The highest BCUT2D eigenvalue weighted by atomic mass is 35.5. The van der Waals surface area contributed by atoms with Crippen LogP contribution < -0.4 is 0 Å². The Hall–Kier alpha value is -1.32.